The van der Waals surface area contributed by atoms with Gasteiger partial charge in [-0.3, -0.25) is 4.79 Å². The zero-order chi connectivity index (χ0) is 19.8. The number of thioether (sulfide) groups is 1. The van der Waals surface area contributed by atoms with Crippen molar-refractivity contribution < 1.29 is 9.53 Å². The Morgan fingerprint density at radius 3 is 2.86 bits per heavy atom. The largest absolute Gasteiger partial charge is 0.490 e. The number of amides is 1. The Labute approximate surface area is 166 Å². The van der Waals surface area contributed by atoms with Crippen LogP contribution in [0.25, 0.3) is 5.65 Å². The van der Waals surface area contributed by atoms with Crippen LogP contribution in [-0.4, -0.2) is 43.7 Å². The van der Waals surface area contributed by atoms with E-state index in [4.69, 9.17) is 4.74 Å². The molecule has 3 heterocycles. The third kappa shape index (κ3) is 3.49. The number of nitrogens with zero attached hydrogens (tertiary/aromatic N) is 5. The van der Waals surface area contributed by atoms with Gasteiger partial charge in [-0.25, -0.2) is 9.48 Å². The quantitative estimate of drug-likeness (QED) is 0.625. The Morgan fingerprint density at radius 2 is 2.07 bits per heavy atom. The molecule has 4 rings (SSSR count). The van der Waals surface area contributed by atoms with E-state index in [1.807, 2.05) is 31.2 Å². The van der Waals surface area contributed by atoms with Gasteiger partial charge in [0.2, 0.25) is 5.91 Å². The Balaban J connectivity index is 1.62. The molecule has 1 aliphatic rings. The minimum absolute atomic E-state index is 0.151. The normalized spacial score (nSPS) is 13.6. The second-order valence-electron chi connectivity index (χ2n) is 6.91. The van der Waals surface area contributed by atoms with Crippen LogP contribution in [-0.2, 0) is 11.3 Å². The number of aryl methyl sites for hydroxylation is 1. The average Bonchev–Trinajstić information content (AvgIpc) is 2.96. The summed E-state index contributed by atoms with van der Waals surface area (Å²) in [4.78, 5) is 27.2. The molecule has 0 spiro atoms. The summed E-state index contributed by atoms with van der Waals surface area (Å²) in [5.41, 5.74) is 1.75. The molecular formula is C19H21N5O3S. The molecule has 0 fully saturated rings. The first kappa shape index (κ1) is 18.5. The second kappa shape index (κ2) is 7.31. The van der Waals surface area contributed by atoms with Gasteiger partial charge in [-0.2, -0.15) is 9.61 Å². The number of ether oxygens (including phenoxy) is 1. The van der Waals surface area contributed by atoms with E-state index in [0.717, 1.165) is 16.3 Å². The van der Waals surface area contributed by atoms with Gasteiger partial charge < -0.3 is 9.64 Å². The van der Waals surface area contributed by atoms with Gasteiger partial charge in [0.1, 0.15) is 23.9 Å². The highest BCUT2D eigenvalue weighted by atomic mass is 32.2. The maximum Gasteiger partial charge on any atom is 0.367 e. The van der Waals surface area contributed by atoms with E-state index >= 15 is 0 Å². The Bertz CT molecular complexity index is 1100. The summed E-state index contributed by atoms with van der Waals surface area (Å²) < 4.78 is 8.04. The van der Waals surface area contributed by atoms with Crippen LogP contribution < -0.4 is 15.3 Å². The molecule has 0 bridgehead atoms. The van der Waals surface area contributed by atoms with Gasteiger partial charge in [-0.1, -0.05) is 19.9 Å². The van der Waals surface area contributed by atoms with Gasteiger partial charge in [0.05, 0.1) is 12.2 Å². The van der Waals surface area contributed by atoms with Crippen LogP contribution >= 0.6 is 11.8 Å². The highest BCUT2D eigenvalue weighted by Crippen LogP contribution is 2.32. The molecular weight excluding hydrogens is 378 g/mol. The van der Waals surface area contributed by atoms with Crippen LogP contribution in [0, 0.1) is 6.92 Å². The number of hydrogen-bond donors (Lipinski definition) is 0. The van der Waals surface area contributed by atoms with Crippen molar-refractivity contribution in [3.63, 3.8) is 0 Å². The summed E-state index contributed by atoms with van der Waals surface area (Å²) in [5.74, 6) is 0.460. The van der Waals surface area contributed by atoms with Crippen molar-refractivity contribution in [1.82, 2.24) is 19.4 Å². The van der Waals surface area contributed by atoms with Crippen LogP contribution in [0.5, 0.6) is 5.75 Å². The van der Waals surface area contributed by atoms with Crippen molar-refractivity contribution in [2.24, 2.45) is 0 Å². The topological polar surface area (TPSA) is 81.7 Å². The zero-order valence-corrected chi connectivity index (χ0v) is 16.8. The maximum atomic E-state index is 12.9. The molecule has 1 amide bonds. The zero-order valence-electron chi connectivity index (χ0n) is 16.0. The van der Waals surface area contributed by atoms with Gasteiger partial charge in [0.15, 0.2) is 5.65 Å². The molecule has 0 saturated carbocycles. The second-order valence-corrected chi connectivity index (χ2v) is 8.51. The summed E-state index contributed by atoms with van der Waals surface area (Å²) in [6, 6.07) is 9.29. The number of aromatic nitrogens is 4. The fourth-order valence-electron chi connectivity index (χ4n) is 3.10. The first-order valence-corrected chi connectivity index (χ1v) is 9.98. The lowest BCUT2D eigenvalue weighted by atomic mass is 10.1. The molecule has 28 heavy (non-hydrogen) atoms. The highest BCUT2D eigenvalue weighted by Gasteiger charge is 2.25. The van der Waals surface area contributed by atoms with Crippen LogP contribution in [0.15, 0.2) is 40.2 Å². The van der Waals surface area contributed by atoms with Gasteiger partial charge in [-0.15, -0.1) is 16.9 Å². The van der Waals surface area contributed by atoms with Gasteiger partial charge in [-0.05, 0) is 36.8 Å². The third-order valence-electron chi connectivity index (χ3n) is 4.34. The average molecular weight is 399 g/mol. The fourth-order valence-corrected chi connectivity index (χ4v) is 3.86. The smallest absolute Gasteiger partial charge is 0.367 e. The Kier molecular flexibility index (Phi) is 4.84. The van der Waals surface area contributed by atoms with Crippen LogP contribution in [0.2, 0.25) is 0 Å². The number of anilines is 1. The summed E-state index contributed by atoms with van der Waals surface area (Å²) in [5, 5.41) is 9.69. The fraction of sp³-hybridized carbons (Fsp3) is 0.368. The van der Waals surface area contributed by atoms with Gasteiger partial charge >= 0.3 is 5.69 Å². The maximum absolute atomic E-state index is 12.9. The molecule has 8 nitrogen and oxygen atoms in total. The van der Waals surface area contributed by atoms with Crippen molar-refractivity contribution in [3.8, 4) is 5.75 Å². The lowest BCUT2D eigenvalue weighted by Crippen LogP contribution is -2.41. The van der Waals surface area contributed by atoms with Crippen molar-refractivity contribution >= 4 is 29.0 Å². The standard InChI is InChI=1S/C19H21N5O3S/c1-12(2)28-17-7-6-16-20-23(19(26)24(16)21-17)11-18(25)22-8-9-27-15-5-4-13(3)10-14(15)22/h4-7,10,12H,8-9,11H2,1-3H3. The van der Waals surface area contributed by atoms with E-state index in [1.165, 1.54) is 9.20 Å². The molecule has 2 aromatic heterocycles. The Morgan fingerprint density at radius 1 is 1.25 bits per heavy atom. The highest BCUT2D eigenvalue weighted by molar-refractivity contribution is 7.99. The van der Waals surface area contributed by atoms with Crippen molar-refractivity contribution in [1.29, 1.82) is 0 Å². The van der Waals surface area contributed by atoms with Crippen LogP contribution in [0.1, 0.15) is 19.4 Å². The molecule has 0 atom stereocenters. The van der Waals surface area contributed by atoms with E-state index < -0.39 is 5.69 Å². The summed E-state index contributed by atoms with van der Waals surface area (Å²) in [6.45, 7) is 6.78. The number of benzene rings is 1. The number of hydrogen-bond acceptors (Lipinski definition) is 6. The molecule has 0 N–H and O–H groups in total. The molecule has 1 aliphatic heterocycles. The van der Waals surface area contributed by atoms with Gasteiger partial charge in [0, 0.05) is 5.25 Å². The lowest BCUT2D eigenvalue weighted by Gasteiger charge is -2.29. The summed E-state index contributed by atoms with van der Waals surface area (Å²) >= 11 is 1.56. The number of rotatable bonds is 4. The van der Waals surface area contributed by atoms with Crippen LogP contribution in [0.3, 0.4) is 0 Å². The molecule has 0 saturated heterocycles. The number of carbonyl (C=O) groups is 1. The molecule has 1 aromatic carbocycles. The third-order valence-corrected chi connectivity index (χ3v) is 5.27. The molecule has 9 heteroatoms. The molecule has 0 radical (unpaired) electrons. The first-order chi connectivity index (χ1) is 13.4. The Hall–Kier alpha value is -2.81. The molecule has 0 aliphatic carbocycles. The molecule has 146 valence electrons. The predicted octanol–water partition coefficient (Wildman–Crippen LogP) is 2.13. The molecule has 3 aromatic rings. The van der Waals surface area contributed by atoms with Crippen LogP contribution in [0.4, 0.5) is 5.69 Å². The van der Waals surface area contributed by atoms with Crippen molar-refractivity contribution in [2.75, 3.05) is 18.1 Å². The van der Waals surface area contributed by atoms with Gasteiger partial charge in [0.25, 0.3) is 0 Å². The van der Waals surface area contributed by atoms with E-state index in [-0.39, 0.29) is 12.5 Å². The molecule has 0 unspecified atom stereocenters. The van der Waals surface area contributed by atoms with E-state index in [0.29, 0.717) is 29.8 Å². The number of fused-ring (bicyclic) bond motifs is 2. The monoisotopic (exact) mass is 399 g/mol. The predicted molar refractivity (Wildman–Crippen MR) is 107 cm³/mol. The van der Waals surface area contributed by atoms with E-state index in [1.54, 1.807) is 22.7 Å². The van der Waals surface area contributed by atoms with E-state index in [2.05, 4.69) is 24.0 Å². The van der Waals surface area contributed by atoms with Crippen molar-refractivity contribution in [2.45, 2.75) is 37.6 Å². The minimum Gasteiger partial charge on any atom is -0.490 e. The minimum atomic E-state index is -0.424. The SMILES string of the molecule is Cc1ccc2c(c1)N(C(=O)Cn1nc3ccc(SC(C)C)nn3c1=O)CCO2. The first-order valence-electron chi connectivity index (χ1n) is 9.10. The number of carbonyl (C=O) groups excluding carboxylic acids is 1. The summed E-state index contributed by atoms with van der Waals surface area (Å²) in [6.07, 6.45) is 0. The van der Waals surface area contributed by atoms with Crippen molar-refractivity contribution in [3.05, 3.63) is 46.4 Å². The summed E-state index contributed by atoms with van der Waals surface area (Å²) in [7, 11) is 0. The lowest BCUT2D eigenvalue weighted by molar-refractivity contribution is -0.119. The van der Waals surface area contributed by atoms with E-state index in [9.17, 15) is 9.59 Å².